The van der Waals surface area contributed by atoms with Crippen molar-refractivity contribution in [2.75, 3.05) is 0 Å². The van der Waals surface area contributed by atoms with Crippen molar-refractivity contribution in [2.24, 2.45) is 0 Å². The molecule has 2 aromatic heterocycles. The zero-order valence-corrected chi connectivity index (χ0v) is 17.7. The normalized spacial score (nSPS) is 12.8. The smallest absolute Gasteiger partial charge is 0.221 e. The van der Waals surface area contributed by atoms with E-state index in [2.05, 4.69) is 67.5 Å². The fourth-order valence-electron chi connectivity index (χ4n) is 3.86. The van der Waals surface area contributed by atoms with Crippen LogP contribution in [-0.4, -0.2) is 10.9 Å². The van der Waals surface area contributed by atoms with Gasteiger partial charge < -0.3 is 14.7 Å². The van der Waals surface area contributed by atoms with Gasteiger partial charge in [0.25, 0.3) is 0 Å². The van der Waals surface area contributed by atoms with Crippen molar-refractivity contribution in [2.45, 2.75) is 45.1 Å². The van der Waals surface area contributed by atoms with Crippen LogP contribution in [0.3, 0.4) is 0 Å². The molecule has 0 saturated heterocycles. The number of amides is 1. The Morgan fingerprint density at radius 1 is 1.03 bits per heavy atom. The van der Waals surface area contributed by atoms with E-state index in [9.17, 15) is 4.79 Å². The summed E-state index contributed by atoms with van der Waals surface area (Å²) < 4.78 is 5.33. The lowest BCUT2D eigenvalue weighted by molar-refractivity contribution is -0.121. The van der Waals surface area contributed by atoms with Gasteiger partial charge >= 0.3 is 0 Å². The topological polar surface area (TPSA) is 58.0 Å². The monoisotopic (exact) mass is 400 g/mol. The second-order valence-electron chi connectivity index (χ2n) is 8.77. The van der Waals surface area contributed by atoms with Gasteiger partial charge in [0.05, 0.1) is 12.8 Å². The van der Waals surface area contributed by atoms with E-state index in [4.69, 9.17) is 4.42 Å². The van der Waals surface area contributed by atoms with Gasteiger partial charge in [-0.15, -0.1) is 0 Å². The number of carbonyl (C=O) groups is 1. The van der Waals surface area contributed by atoms with E-state index in [-0.39, 0.29) is 17.2 Å². The number of fused-ring (bicyclic) bond motifs is 1. The summed E-state index contributed by atoms with van der Waals surface area (Å²) in [6.45, 7) is 7.03. The zero-order valence-electron chi connectivity index (χ0n) is 17.7. The van der Waals surface area contributed by atoms with E-state index in [1.807, 2.05) is 30.5 Å². The van der Waals surface area contributed by atoms with Crippen LogP contribution in [0.2, 0.25) is 0 Å². The van der Waals surface area contributed by atoms with Crippen LogP contribution >= 0.6 is 0 Å². The molecule has 2 N–H and O–H groups in total. The highest BCUT2D eigenvalue weighted by molar-refractivity contribution is 5.86. The first-order valence-corrected chi connectivity index (χ1v) is 10.4. The number of aromatic nitrogens is 1. The number of carbonyl (C=O) groups excluding carboxylic acids is 1. The van der Waals surface area contributed by atoms with Crippen LogP contribution in [-0.2, 0) is 16.8 Å². The Hall–Kier alpha value is -3.27. The zero-order chi connectivity index (χ0) is 21.1. The largest absolute Gasteiger partial charge is 0.467 e. The minimum Gasteiger partial charge on any atom is -0.467 e. The van der Waals surface area contributed by atoms with Crippen molar-refractivity contribution >= 4 is 16.8 Å². The molecule has 30 heavy (non-hydrogen) atoms. The molecule has 0 aliphatic heterocycles. The van der Waals surface area contributed by atoms with Crippen LogP contribution in [0.25, 0.3) is 10.9 Å². The highest BCUT2D eigenvalue weighted by atomic mass is 16.3. The summed E-state index contributed by atoms with van der Waals surface area (Å²) in [5, 5.41) is 4.14. The molecule has 4 heteroatoms. The molecule has 1 amide bonds. The Morgan fingerprint density at radius 3 is 2.50 bits per heavy atom. The third-order valence-electron chi connectivity index (χ3n) is 5.61. The predicted octanol–water partition coefficient (Wildman–Crippen LogP) is 5.90. The van der Waals surface area contributed by atoms with Gasteiger partial charge in [-0.2, -0.15) is 0 Å². The van der Waals surface area contributed by atoms with Crippen molar-refractivity contribution in [3.05, 3.63) is 95.6 Å². The van der Waals surface area contributed by atoms with Crippen LogP contribution < -0.4 is 5.32 Å². The van der Waals surface area contributed by atoms with Crippen molar-refractivity contribution in [3.63, 3.8) is 0 Å². The SMILES string of the molecule is CC(C)(C)c1ccc([C@H](CC(=O)NCc2ccco2)c2c[nH]c3ccccc23)cc1. The molecule has 0 aliphatic carbocycles. The molecule has 0 saturated carbocycles. The molecule has 0 spiro atoms. The number of hydrogen-bond acceptors (Lipinski definition) is 2. The summed E-state index contributed by atoms with van der Waals surface area (Å²) in [7, 11) is 0. The number of benzene rings is 2. The van der Waals surface area contributed by atoms with Gasteiger partial charge in [-0.25, -0.2) is 0 Å². The minimum atomic E-state index is -0.0354. The summed E-state index contributed by atoms with van der Waals surface area (Å²) in [6.07, 6.45) is 4.03. The quantitative estimate of drug-likeness (QED) is 0.423. The van der Waals surface area contributed by atoms with Gasteiger partial charge in [-0.05, 0) is 40.3 Å². The molecule has 0 unspecified atom stereocenters. The lowest BCUT2D eigenvalue weighted by Gasteiger charge is -2.21. The summed E-state index contributed by atoms with van der Waals surface area (Å²) in [6, 6.07) is 20.6. The van der Waals surface area contributed by atoms with Gasteiger partial charge in [0.2, 0.25) is 5.91 Å². The summed E-state index contributed by atoms with van der Waals surface area (Å²) in [5.74, 6) is 0.717. The highest BCUT2D eigenvalue weighted by Gasteiger charge is 2.22. The predicted molar refractivity (Wildman–Crippen MR) is 120 cm³/mol. The molecule has 0 fully saturated rings. The van der Waals surface area contributed by atoms with E-state index in [1.54, 1.807) is 6.26 Å². The first-order valence-electron chi connectivity index (χ1n) is 10.4. The lowest BCUT2D eigenvalue weighted by atomic mass is 9.83. The maximum absolute atomic E-state index is 12.8. The molecule has 2 heterocycles. The van der Waals surface area contributed by atoms with Crippen LogP contribution in [0.4, 0.5) is 0 Å². The molecular weight excluding hydrogens is 372 g/mol. The molecule has 4 aromatic rings. The summed E-state index contributed by atoms with van der Waals surface area (Å²) in [4.78, 5) is 16.2. The maximum atomic E-state index is 12.8. The standard InChI is InChI=1S/C26H28N2O2/c1-26(2,3)19-12-10-18(11-13-19)22(15-25(29)28-16-20-7-6-14-30-20)23-17-27-24-9-5-4-8-21(23)24/h4-14,17,22,27H,15-16H2,1-3H3,(H,28,29)/t22-/m0/s1. The first-order chi connectivity index (χ1) is 14.4. The average Bonchev–Trinajstić information content (AvgIpc) is 3.40. The molecule has 2 aromatic carbocycles. The van der Waals surface area contributed by atoms with Gasteiger partial charge in [0.1, 0.15) is 5.76 Å². The van der Waals surface area contributed by atoms with Gasteiger partial charge in [0, 0.05) is 29.4 Å². The molecule has 0 bridgehead atoms. The van der Waals surface area contributed by atoms with Crippen molar-refractivity contribution < 1.29 is 9.21 Å². The second kappa shape index (κ2) is 8.23. The molecule has 0 aliphatic rings. The molecular formula is C26H28N2O2. The van der Waals surface area contributed by atoms with Crippen LogP contribution in [0.1, 0.15) is 55.6 Å². The van der Waals surface area contributed by atoms with Gasteiger partial charge in [-0.3, -0.25) is 4.79 Å². The van der Waals surface area contributed by atoms with E-state index in [0.717, 1.165) is 27.8 Å². The number of H-pyrrole nitrogens is 1. The highest BCUT2D eigenvalue weighted by Crippen LogP contribution is 2.34. The average molecular weight is 401 g/mol. The number of nitrogens with one attached hydrogen (secondary N) is 2. The molecule has 154 valence electrons. The van der Waals surface area contributed by atoms with Crippen molar-refractivity contribution in [1.82, 2.24) is 10.3 Å². The Balaban J connectivity index is 1.63. The number of para-hydroxylation sites is 1. The van der Waals surface area contributed by atoms with E-state index in [1.165, 1.54) is 5.56 Å². The fraction of sp³-hybridized carbons (Fsp3) is 0.269. The van der Waals surface area contributed by atoms with E-state index in [0.29, 0.717) is 13.0 Å². The fourth-order valence-corrected chi connectivity index (χ4v) is 3.86. The maximum Gasteiger partial charge on any atom is 0.221 e. The number of aromatic amines is 1. The number of furan rings is 1. The van der Waals surface area contributed by atoms with E-state index < -0.39 is 0 Å². The second-order valence-corrected chi connectivity index (χ2v) is 8.77. The number of hydrogen-bond donors (Lipinski definition) is 2. The first kappa shape index (κ1) is 20.0. The van der Waals surface area contributed by atoms with Crippen LogP contribution in [0.15, 0.2) is 77.5 Å². The Bertz CT molecular complexity index is 1120. The lowest BCUT2D eigenvalue weighted by Crippen LogP contribution is -2.24. The third kappa shape index (κ3) is 4.33. The van der Waals surface area contributed by atoms with Gasteiger partial charge in [-0.1, -0.05) is 63.2 Å². The minimum absolute atomic E-state index is 0.00146. The molecule has 4 nitrogen and oxygen atoms in total. The summed E-state index contributed by atoms with van der Waals surface area (Å²) in [5.41, 5.74) is 4.74. The Morgan fingerprint density at radius 2 is 1.80 bits per heavy atom. The van der Waals surface area contributed by atoms with Crippen LogP contribution in [0, 0.1) is 0 Å². The van der Waals surface area contributed by atoms with E-state index >= 15 is 0 Å². The molecule has 4 rings (SSSR count). The summed E-state index contributed by atoms with van der Waals surface area (Å²) >= 11 is 0. The number of rotatable bonds is 6. The third-order valence-corrected chi connectivity index (χ3v) is 5.61. The Labute approximate surface area is 177 Å². The van der Waals surface area contributed by atoms with Gasteiger partial charge in [0.15, 0.2) is 0 Å². The molecule has 1 atom stereocenters. The van der Waals surface area contributed by atoms with Crippen LogP contribution in [0.5, 0.6) is 0 Å². The Kier molecular flexibility index (Phi) is 5.49. The van der Waals surface area contributed by atoms with Crippen molar-refractivity contribution in [3.8, 4) is 0 Å². The molecule has 0 radical (unpaired) electrons. The van der Waals surface area contributed by atoms with Crippen molar-refractivity contribution in [1.29, 1.82) is 0 Å².